The molecule has 1 saturated carbocycles. The number of carbonyl (C=O) groups excluding carboxylic acids is 1. The summed E-state index contributed by atoms with van der Waals surface area (Å²) in [6.45, 7) is 2.65. The zero-order valence-corrected chi connectivity index (χ0v) is 22.1. The lowest BCUT2D eigenvalue weighted by atomic mass is 9.81. The van der Waals surface area contributed by atoms with Gasteiger partial charge < -0.3 is 5.11 Å². The zero-order chi connectivity index (χ0) is 26.4. The standard InChI is InChI=1S/C29H38F2O4S/c1-3-22-6-4-5-18-29(20-16-22,27(33)17-21-32)36(34,35)26-13-11-25(12-14-26)24-9-7-23(8-10-24)15-19-28(2,30)31/h7-14,22,32H,3-6,15-21H2,1-2H3. The Morgan fingerprint density at radius 3 is 2.17 bits per heavy atom. The van der Waals surface area contributed by atoms with Gasteiger partial charge in [-0.25, -0.2) is 17.2 Å². The van der Waals surface area contributed by atoms with Gasteiger partial charge in [-0.3, -0.25) is 4.79 Å². The highest BCUT2D eigenvalue weighted by atomic mass is 32.2. The molecule has 198 valence electrons. The number of carbonyl (C=O) groups is 1. The number of Topliss-reactive ketones (excluding diaryl/α,β-unsaturated/α-hetero) is 1. The van der Waals surface area contributed by atoms with Crippen LogP contribution in [0.1, 0.15) is 77.2 Å². The van der Waals surface area contributed by atoms with Gasteiger partial charge >= 0.3 is 0 Å². The molecule has 4 nitrogen and oxygen atoms in total. The van der Waals surface area contributed by atoms with Gasteiger partial charge in [0.25, 0.3) is 0 Å². The van der Waals surface area contributed by atoms with Crippen LogP contribution in [0, 0.1) is 5.92 Å². The molecule has 0 bridgehead atoms. The van der Waals surface area contributed by atoms with Gasteiger partial charge in [0.2, 0.25) is 5.92 Å². The van der Waals surface area contributed by atoms with Crippen molar-refractivity contribution in [3.63, 3.8) is 0 Å². The van der Waals surface area contributed by atoms with Gasteiger partial charge in [-0.15, -0.1) is 0 Å². The summed E-state index contributed by atoms with van der Waals surface area (Å²) in [5.74, 6) is -2.70. The molecule has 0 amide bonds. The molecule has 2 aromatic rings. The summed E-state index contributed by atoms with van der Waals surface area (Å²) >= 11 is 0. The highest BCUT2D eigenvalue weighted by Gasteiger charge is 2.50. The highest BCUT2D eigenvalue weighted by Crippen LogP contribution is 2.41. The minimum Gasteiger partial charge on any atom is -0.396 e. The number of hydrogen-bond acceptors (Lipinski definition) is 4. The number of aliphatic hydroxyl groups excluding tert-OH is 1. The van der Waals surface area contributed by atoms with Crippen molar-refractivity contribution in [2.24, 2.45) is 5.92 Å². The van der Waals surface area contributed by atoms with E-state index in [-0.39, 0.29) is 49.4 Å². The number of alkyl halides is 2. The molecule has 1 aliphatic rings. The Kier molecular flexibility index (Phi) is 9.44. The maximum absolute atomic E-state index is 14.0. The lowest BCUT2D eigenvalue weighted by Crippen LogP contribution is -2.47. The van der Waals surface area contributed by atoms with Crippen LogP contribution in [0.15, 0.2) is 53.4 Å². The molecule has 0 aliphatic heterocycles. The van der Waals surface area contributed by atoms with Gasteiger partial charge in [0.15, 0.2) is 15.6 Å². The Balaban J connectivity index is 1.87. The lowest BCUT2D eigenvalue weighted by molar-refractivity contribution is -0.122. The van der Waals surface area contributed by atoms with Gasteiger partial charge in [-0.05, 0) is 67.3 Å². The van der Waals surface area contributed by atoms with E-state index < -0.39 is 20.5 Å². The van der Waals surface area contributed by atoms with Crippen LogP contribution in [0.4, 0.5) is 8.78 Å². The fraction of sp³-hybridized carbons (Fsp3) is 0.552. The molecule has 1 fully saturated rings. The first-order valence-electron chi connectivity index (χ1n) is 13.0. The van der Waals surface area contributed by atoms with Crippen molar-refractivity contribution in [1.29, 1.82) is 0 Å². The maximum Gasteiger partial charge on any atom is 0.245 e. The molecule has 7 heteroatoms. The first-order valence-corrected chi connectivity index (χ1v) is 14.5. The summed E-state index contributed by atoms with van der Waals surface area (Å²) < 4.78 is 52.7. The van der Waals surface area contributed by atoms with E-state index >= 15 is 0 Å². The molecular formula is C29H38F2O4S. The van der Waals surface area contributed by atoms with Crippen LogP contribution in [0.5, 0.6) is 0 Å². The molecule has 1 aliphatic carbocycles. The van der Waals surface area contributed by atoms with Gasteiger partial charge in [-0.1, -0.05) is 69.0 Å². The van der Waals surface area contributed by atoms with Crippen LogP contribution in [0.3, 0.4) is 0 Å². The van der Waals surface area contributed by atoms with Gasteiger partial charge in [0.05, 0.1) is 11.5 Å². The number of halogens is 2. The van der Waals surface area contributed by atoms with E-state index in [4.69, 9.17) is 0 Å². The molecule has 0 radical (unpaired) electrons. The first kappa shape index (κ1) is 28.5. The van der Waals surface area contributed by atoms with Gasteiger partial charge in [-0.2, -0.15) is 0 Å². The SMILES string of the molecule is CCC1CCCCC(C(=O)CCO)(S(=O)(=O)c2ccc(-c3ccc(CCC(C)(F)F)cc3)cc2)CC1. The van der Waals surface area contributed by atoms with Crippen molar-refractivity contribution in [2.75, 3.05) is 6.61 Å². The van der Waals surface area contributed by atoms with Crippen molar-refractivity contribution >= 4 is 15.6 Å². The fourth-order valence-electron chi connectivity index (χ4n) is 5.27. The van der Waals surface area contributed by atoms with Crippen LogP contribution in [-0.2, 0) is 21.1 Å². The molecule has 2 unspecified atom stereocenters. The van der Waals surface area contributed by atoms with Crippen LogP contribution < -0.4 is 0 Å². The van der Waals surface area contributed by atoms with E-state index in [1.165, 1.54) is 0 Å². The normalized spacial score (nSPS) is 21.5. The molecule has 2 atom stereocenters. The fourth-order valence-corrected chi connectivity index (χ4v) is 7.41. The average molecular weight is 521 g/mol. The molecule has 0 aromatic heterocycles. The largest absolute Gasteiger partial charge is 0.396 e. The minimum atomic E-state index is -3.97. The lowest BCUT2D eigenvalue weighted by Gasteiger charge is -2.35. The third-order valence-electron chi connectivity index (χ3n) is 7.64. The third kappa shape index (κ3) is 6.60. The van der Waals surface area contributed by atoms with Gasteiger partial charge in [0, 0.05) is 12.8 Å². The predicted molar refractivity (Wildman–Crippen MR) is 139 cm³/mol. The van der Waals surface area contributed by atoms with Gasteiger partial charge in [0.1, 0.15) is 4.75 Å². The summed E-state index contributed by atoms with van der Waals surface area (Å²) in [6, 6.07) is 13.9. The highest BCUT2D eigenvalue weighted by molar-refractivity contribution is 7.93. The second-order valence-electron chi connectivity index (χ2n) is 10.2. The van der Waals surface area contributed by atoms with Crippen LogP contribution in [0.2, 0.25) is 0 Å². The van der Waals surface area contributed by atoms with E-state index in [0.29, 0.717) is 18.8 Å². The van der Waals surface area contributed by atoms with E-state index in [0.717, 1.165) is 42.9 Å². The minimum absolute atomic E-state index is 0.118. The number of rotatable bonds is 10. The number of hydrogen-bond donors (Lipinski definition) is 1. The molecule has 0 saturated heterocycles. The molecule has 1 N–H and O–H groups in total. The summed E-state index contributed by atoms with van der Waals surface area (Å²) in [6.07, 6.45) is 4.73. The summed E-state index contributed by atoms with van der Waals surface area (Å²) in [7, 11) is -3.97. The van der Waals surface area contributed by atoms with E-state index in [2.05, 4.69) is 6.92 Å². The second kappa shape index (κ2) is 12.0. The van der Waals surface area contributed by atoms with Crippen molar-refractivity contribution in [3.05, 3.63) is 54.1 Å². The van der Waals surface area contributed by atoms with Crippen LogP contribution >= 0.6 is 0 Å². The summed E-state index contributed by atoms with van der Waals surface area (Å²) in [5, 5.41) is 9.44. The second-order valence-corrected chi connectivity index (χ2v) is 12.5. The smallest absolute Gasteiger partial charge is 0.245 e. The quantitative estimate of drug-likeness (QED) is 0.375. The number of ketones is 1. The van der Waals surface area contributed by atoms with E-state index in [1.807, 2.05) is 24.3 Å². The Morgan fingerprint density at radius 1 is 1.00 bits per heavy atom. The Bertz CT molecular complexity index is 1110. The van der Waals surface area contributed by atoms with Crippen LogP contribution in [0.25, 0.3) is 11.1 Å². The number of aryl methyl sites for hydroxylation is 1. The summed E-state index contributed by atoms with van der Waals surface area (Å²) in [4.78, 5) is 13.4. The third-order valence-corrected chi connectivity index (χ3v) is 10.2. The average Bonchev–Trinajstić information content (AvgIpc) is 2.83. The van der Waals surface area contributed by atoms with E-state index in [9.17, 15) is 27.1 Å². The zero-order valence-electron chi connectivity index (χ0n) is 21.3. The number of aliphatic hydroxyl groups is 1. The van der Waals surface area contributed by atoms with Crippen LogP contribution in [-0.4, -0.2) is 36.6 Å². The predicted octanol–water partition coefficient (Wildman–Crippen LogP) is 6.79. The molecule has 2 aromatic carbocycles. The number of sulfone groups is 1. The molecule has 0 heterocycles. The maximum atomic E-state index is 14.0. The van der Waals surface area contributed by atoms with Crippen molar-refractivity contribution < 1.29 is 27.1 Å². The van der Waals surface area contributed by atoms with E-state index in [1.54, 1.807) is 24.3 Å². The molecule has 36 heavy (non-hydrogen) atoms. The molecular weight excluding hydrogens is 482 g/mol. The Morgan fingerprint density at radius 2 is 1.61 bits per heavy atom. The molecule has 3 rings (SSSR count). The van der Waals surface area contributed by atoms with Crippen molar-refractivity contribution in [3.8, 4) is 11.1 Å². The van der Waals surface area contributed by atoms with Crippen molar-refractivity contribution in [2.45, 2.75) is 93.6 Å². The number of benzene rings is 2. The monoisotopic (exact) mass is 520 g/mol. The Hall–Kier alpha value is -2.12. The Labute approximate surface area is 214 Å². The van der Waals surface area contributed by atoms with Crippen molar-refractivity contribution in [1.82, 2.24) is 0 Å². The summed E-state index contributed by atoms with van der Waals surface area (Å²) in [5.41, 5.74) is 2.48. The first-order chi connectivity index (χ1) is 17.0. The molecule has 0 spiro atoms. The topological polar surface area (TPSA) is 71.4 Å².